The summed E-state index contributed by atoms with van der Waals surface area (Å²) < 4.78 is 17.3. The van der Waals surface area contributed by atoms with Gasteiger partial charge in [-0.15, -0.1) is 0 Å². The highest BCUT2D eigenvalue weighted by Crippen LogP contribution is 2.45. The SMILES string of the molecule is CC(C)(CC#N)c1c(-c2cnn(CC(=O)O)c2)c2cc3c(cc2n1-c1ccc(F)cc1)C=NC3. The fourth-order valence-corrected chi connectivity index (χ4v) is 4.68. The van der Waals surface area contributed by atoms with Gasteiger partial charge < -0.3 is 9.67 Å². The van der Waals surface area contributed by atoms with E-state index in [4.69, 9.17) is 0 Å². The summed E-state index contributed by atoms with van der Waals surface area (Å²) in [5.74, 6) is -1.32. The van der Waals surface area contributed by atoms with Gasteiger partial charge in [-0.25, -0.2) is 4.39 Å². The van der Waals surface area contributed by atoms with Crippen LogP contribution in [0.5, 0.6) is 0 Å². The molecule has 8 heteroatoms. The smallest absolute Gasteiger partial charge is 0.325 e. The van der Waals surface area contributed by atoms with E-state index in [1.165, 1.54) is 16.8 Å². The first-order chi connectivity index (χ1) is 16.3. The molecule has 7 nitrogen and oxygen atoms in total. The number of carbonyl (C=O) groups is 1. The van der Waals surface area contributed by atoms with Crippen LogP contribution >= 0.6 is 0 Å². The summed E-state index contributed by atoms with van der Waals surface area (Å²) in [6, 6.07) is 12.8. The van der Waals surface area contributed by atoms with Gasteiger partial charge in [0.05, 0.1) is 24.3 Å². The van der Waals surface area contributed by atoms with Crippen LogP contribution in [0.3, 0.4) is 0 Å². The summed E-state index contributed by atoms with van der Waals surface area (Å²) in [6.45, 7) is 4.34. The van der Waals surface area contributed by atoms with Gasteiger partial charge in [0.1, 0.15) is 12.4 Å². The molecule has 1 aliphatic rings. The molecule has 2 aromatic heterocycles. The molecule has 5 rings (SSSR count). The number of nitrogens with zero attached hydrogens (tertiary/aromatic N) is 5. The minimum Gasteiger partial charge on any atom is -0.480 e. The van der Waals surface area contributed by atoms with Crippen LogP contribution in [0.4, 0.5) is 4.39 Å². The van der Waals surface area contributed by atoms with E-state index < -0.39 is 11.4 Å². The number of aromatic nitrogens is 3. The van der Waals surface area contributed by atoms with Crippen LogP contribution in [0.1, 0.15) is 37.1 Å². The Bertz CT molecular complexity index is 1500. The quantitative estimate of drug-likeness (QED) is 0.450. The molecule has 0 fully saturated rings. The van der Waals surface area contributed by atoms with Gasteiger partial charge in [-0.05, 0) is 47.5 Å². The van der Waals surface area contributed by atoms with Gasteiger partial charge in [-0.2, -0.15) is 10.4 Å². The molecule has 0 radical (unpaired) electrons. The van der Waals surface area contributed by atoms with Gasteiger partial charge in [0, 0.05) is 52.1 Å². The number of hydrogen-bond acceptors (Lipinski definition) is 4. The molecule has 2 aromatic carbocycles. The number of carboxylic acids is 1. The lowest BCUT2D eigenvalue weighted by molar-refractivity contribution is -0.137. The van der Waals surface area contributed by atoms with Crippen molar-refractivity contribution in [1.82, 2.24) is 14.3 Å². The Kier molecular flexibility index (Phi) is 5.05. The van der Waals surface area contributed by atoms with E-state index in [-0.39, 0.29) is 18.8 Å². The van der Waals surface area contributed by atoms with Gasteiger partial charge in [-0.3, -0.25) is 14.5 Å². The van der Waals surface area contributed by atoms with E-state index >= 15 is 0 Å². The van der Waals surface area contributed by atoms with E-state index in [0.717, 1.165) is 44.5 Å². The Balaban J connectivity index is 1.89. The van der Waals surface area contributed by atoms with Crippen molar-refractivity contribution in [2.24, 2.45) is 4.99 Å². The second kappa shape index (κ2) is 7.96. The summed E-state index contributed by atoms with van der Waals surface area (Å²) in [5, 5.41) is 24.0. The maximum Gasteiger partial charge on any atom is 0.325 e. The minimum atomic E-state index is -0.983. The zero-order chi connectivity index (χ0) is 24.0. The third-order valence-electron chi connectivity index (χ3n) is 6.19. The Morgan fingerprint density at radius 3 is 2.74 bits per heavy atom. The molecule has 0 saturated heterocycles. The molecule has 170 valence electrons. The fraction of sp³-hybridized carbons (Fsp3) is 0.231. The molecule has 0 amide bonds. The normalized spacial score (nSPS) is 12.8. The monoisotopic (exact) mass is 455 g/mol. The van der Waals surface area contributed by atoms with Crippen molar-refractivity contribution in [3.8, 4) is 22.9 Å². The highest BCUT2D eigenvalue weighted by Gasteiger charge is 2.33. The molecule has 0 bridgehead atoms. The molecule has 1 N–H and O–H groups in total. The van der Waals surface area contributed by atoms with E-state index in [2.05, 4.69) is 32.9 Å². The van der Waals surface area contributed by atoms with Crippen LogP contribution in [-0.4, -0.2) is 31.6 Å². The summed E-state index contributed by atoms with van der Waals surface area (Å²) in [7, 11) is 0. The van der Waals surface area contributed by atoms with E-state index in [1.807, 2.05) is 20.1 Å². The number of carboxylic acid groups (broad SMARTS) is 1. The number of nitriles is 1. The molecular formula is C26H22FN5O2. The second-order valence-corrected chi connectivity index (χ2v) is 9.11. The maximum absolute atomic E-state index is 13.8. The van der Waals surface area contributed by atoms with Crippen molar-refractivity contribution in [3.63, 3.8) is 0 Å². The summed E-state index contributed by atoms with van der Waals surface area (Å²) in [6.07, 6.45) is 5.47. The number of aliphatic carboxylic acids is 1. The average molecular weight is 455 g/mol. The number of rotatable bonds is 6. The van der Waals surface area contributed by atoms with Crippen LogP contribution in [0.25, 0.3) is 27.7 Å². The van der Waals surface area contributed by atoms with Crippen molar-refractivity contribution in [1.29, 1.82) is 5.26 Å². The lowest BCUT2D eigenvalue weighted by atomic mass is 9.82. The van der Waals surface area contributed by atoms with Crippen molar-refractivity contribution in [3.05, 3.63) is 71.4 Å². The number of halogens is 1. The molecule has 0 spiro atoms. The lowest BCUT2D eigenvalue weighted by Crippen LogP contribution is -2.21. The van der Waals surface area contributed by atoms with E-state index in [0.29, 0.717) is 6.54 Å². The maximum atomic E-state index is 13.8. The predicted octanol–water partition coefficient (Wildman–Crippen LogP) is 4.84. The molecular weight excluding hydrogens is 433 g/mol. The van der Waals surface area contributed by atoms with Gasteiger partial charge in [-0.1, -0.05) is 13.8 Å². The first-order valence-corrected chi connectivity index (χ1v) is 10.9. The largest absolute Gasteiger partial charge is 0.480 e. The molecule has 0 aliphatic carbocycles. The van der Waals surface area contributed by atoms with Crippen molar-refractivity contribution in [2.45, 2.75) is 38.8 Å². The predicted molar refractivity (Wildman–Crippen MR) is 127 cm³/mol. The molecule has 0 unspecified atom stereocenters. The number of fused-ring (bicyclic) bond motifs is 2. The van der Waals surface area contributed by atoms with Crippen LogP contribution in [0, 0.1) is 17.1 Å². The summed E-state index contributed by atoms with van der Waals surface area (Å²) >= 11 is 0. The Morgan fingerprint density at radius 1 is 1.26 bits per heavy atom. The highest BCUT2D eigenvalue weighted by molar-refractivity contribution is 6.03. The Hall–Kier alpha value is -4.25. The minimum absolute atomic E-state index is 0.252. The second-order valence-electron chi connectivity index (χ2n) is 9.11. The third kappa shape index (κ3) is 3.55. The zero-order valence-corrected chi connectivity index (χ0v) is 18.8. The number of benzene rings is 2. The van der Waals surface area contributed by atoms with Gasteiger partial charge in [0.15, 0.2) is 0 Å². The molecule has 34 heavy (non-hydrogen) atoms. The Morgan fingerprint density at radius 2 is 2.03 bits per heavy atom. The zero-order valence-electron chi connectivity index (χ0n) is 18.8. The molecule has 0 saturated carbocycles. The summed E-state index contributed by atoms with van der Waals surface area (Å²) in [4.78, 5) is 15.6. The lowest BCUT2D eigenvalue weighted by Gasteiger charge is -2.26. The molecule has 4 aromatic rings. The molecule has 0 atom stereocenters. The van der Waals surface area contributed by atoms with Crippen molar-refractivity contribution >= 4 is 23.1 Å². The van der Waals surface area contributed by atoms with Crippen molar-refractivity contribution in [2.75, 3.05) is 0 Å². The summed E-state index contributed by atoms with van der Waals surface area (Å²) in [5.41, 5.74) is 5.72. The Labute approximate surface area is 195 Å². The van der Waals surface area contributed by atoms with E-state index in [1.54, 1.807) is 24.5 Å². The topological polar surface area (TPSA) is 96.2 Å². The van der Waals surface area contributed by atoms with Gasteiger partial charge in [0.25, 0.3) is 0 Å². The van der Waals surface area contributed by atoms with Crippen LogP contribution in [0.15, 0.2) is 53.8 Å². The first-order valence-electron chi connectivity index (χ1n) is 10.9. The fourth-order valence-electron chi connectivity index (χ4n) is 4.68. The number of hydrogen-bond donors (Lipinski definition) is 1. The third-order valence-corrected chi connectivity index (χ3v) is 6.19. The molecule has 3 heterocycles. The standard InChI is InChI=1S/C26H22FN5O2/c1-26(2,7-8-28)25-24(18-13-30-31(14-18)15-23(33)34)21-9-16-11-29-12-17(16)10-22(21)32(25)20-5-3-19(27)4-6-20/h3-6,9-10,12-14H,7,11,15H2,1-2H3,(H,33,34). The average Bonchev–Trinajstić information content (AvgIpc) is 3.49. The molecule has 1 aliphatic heterocycles. The van der Waals surface area contributed by atoms with Gasteiger partial charge >= 0.3 is 5.97 Å². The van der Waals surface area contributed by atoms with Crippen LogP contribution in [0.2, 0.25) is 0 Å². The van der Waals surface area contributed by atoms with E-state index in [9.17, 15) is 19.6 Å². The highest BCUT2D eigenvalue weighted by atomic mass is 19.1. The van der Waals surface area contributed by atoms with Crippen molar-refractivity contribution < 1.29 is 14.3 Å². The van der Waals surface area contributed by atoms with Gasteiger partial charge in [0.2, 0.25) is 0 Å². The van der Waals surface area contributed by atoms with Crippen LogP contribution < -0.4 is 0 Å². The van der Waals surface area contributed by atoms with Crippen LogP contribution in [-0.2, 0) is 23.3 Å². The number of aliphatic imine (C=N–C) groups is 1. The first kappa shape index (κ1) is 21.6.